The van der Waals surface area contributed by atoms with E-state index in [9.17, 15) is 4.79 Å². The highest BCUT2D eigenvalue weighted by atomic mass is 16.1. The van der Waals surface area contributed by atoms with E-state index < -0.39 is 0 Å². The van der Waals surface area contributed by atoms with Gasteiger partial charge in [0.05, 0.1) is 0 Å². The monoisotopic (exact) mass is 216 g/mol. The Kier molecular flexibility index (Phi) is 3.13. The van der Waals surface area contributed by atoms with Crippen molar-refractivity contribution in [1.29, 1.82) is 0 Å². The second kappa shape index (κ2) is 4.40. The van der Waals surface area contributed by atoms with Crippen LogP contribution < -0.4 is 0 Å². The van der Waals surface area contributed by atoms with Gasteiger partial charge in [-0.2, -0.15) is 0 Å². The van der Waals surface area contributed by atoms with E-state index in [-0.39, 0.29) is 5.41 Å². The van der Waals surface area contributed by atoms with E-state index in [0.717, 1.165) is 25.7 Å². The maximum atomic E-state index is 11.8. The number of Topliss-reactive ketones (excluding diaryl/α,β-unsaturated/α-hetero) is 1. The van der Waals surface area contributed by atoms with Gasteiger partial charge in [0.1, 0.15) is 5.78 Å². The average Bonchev–Trinajstić information content (AvgIpc) is 2.30. The van der Waals surface area contributed by atoms with Crippen LogP contribution in [0.15, 0.2) is 30.3 Å². The highest BCUT2D eigenvalue weighted by Crippen LogP contribution is 2.43. The molecule has 1 aromatic carbocycles. The Hall–Kier alpha value is -1.11. The van der Waals surface area contributed by atoms with Crippen molar-refractivity contribution in [2.75, 3.05) is 0 Å². The van der Waals surface area contributed by atoms with Crippen LogP contribution in [0.5, 0.6) is 0 Å². The van der Waals surface area contributed by atoms with Crippen molar-refractivity contribution >= 4 is 5.78 Å². The van der Waals surface area contributed by atoms with Crippen LogP contribution in [-0.4, -0.2) is 5.78 Å². The predicted octanol–water partition coefficient (Wildman–Crippen LogP) is 3.72. The van der Waals surface area contributed by atoms with Crippen LogP contribution in [0, 0.1) is 5.92 Å². The molecule has 0 heterocycles. The smallest absolute Gasteiger partial charge is 0.133 e. The van der Waals surface area contributed by atoms with E-state index in [2.05, 4.69) is 38.1 Å². The molecular weight excluding hydrogens is 196 g/mol. The molecule has 1 fully saturated rings. The van der Waals surface area contributed by atoms with Crippen molar-refractivity contribution in [3.63, 3.8) is 0 Å². The van der Waals surface area contributed by atoms with Crippen LogP contribution >= 0.6 is 0 Å². The van der Waals surface area contributed by atoms with Crippen molar-refractivity contribution in [3.8, 4) is 0 Å². The highest BCUT2D eigenvalue weighted by molar-refractivity contribution is 5.81. The number of carbonyl (C=O) groups is 1. The van der Waals surface area contributed by atoms with E-state index in [0.29, 0.717) is 11.7 Å². The van der Waals surface area contributed by atoms with E-state index in [1.807, 2.05) is 6.07 Å². The lowest BCUT2D eigenvalue weighted by molar-refractivity contribution is -0.122. The zero-order chi connectivity index (χ0) is 11.6. The van der Waals surface area contributed by atoms with Crippen molar-refractivity contribution in [1.82, 2.24) is 0 Å². The molecule has 1 atom stereocenters. The number of ketones is 1. The minimum absolute atomic E-state index is 0.0938. The molecule has 0 spiro atoms. The molecule has 1 heteroatoms. The van der Waals surface area contributed by atoms with Crippen LogP contribution in [0.25, 0.3) is 0 Å². The van der Waals surface area contributed by atoms with Crippen LogP contribution in [0.4, 0.5) is 0 Å². The minimum Gasteiger partial charge on any atom is -0.300 e. The van der Waals surface area contributed by atoms with E-state index in [1.54, 1.807) is 0 Å². The molecular formula is C15H20O. The maximum absolute atomic E-state index is 11.8. The SMILES string of the molecule is CC(C)[C@@]1(c2ccccc2)CCCC(=O)C1. The Morgan fingerprint density at radius 3 is 2.44 bits per heavy atom. The normalized spacial score (nSPS) is 26.1. The van der Waals surface area contributed by atoms with Crippen molar-refractivity contribution in [2.45, 2.75) is 44.9 Å². The molecule has 2 rings (SSSR count). The summed E-state index contributed by atoms with van der Waals surface area (Å²) in [6.45, 7) is 4.48. The van der Waals surface area contributed by atoms with Crippen LogP contribution in [0.3, 0.4) is 0 Å². The van der Waals surface area contributed by atoms with Gasteiger partial charge in [-0.05, 0) is 24.3 Å². The standard InChI is InChI=1S/C15H20O/c1-12(2)15(10-6-9-14(16)11-15)13-7-4-3-5-8-13/h3-5,7-8,12H,6,9-11H2,1-2H3/t15-/m1/s1. The molecule has 1 saturated carbocycles. The van der Waals surface area contributed by atoms with E-state index in [4.69, 9.17) is 0 Å². The summed E-state index contributed by atoms with van der Waals surface area (Å²) in [5, 5.41) is 0. The quantitative estimate of drug-likeness (QED) is 0.736. The minimum atomic E-state index is 0.0938. The summed E-state index contributed by atoms with van der Waals surface area (Å²) in [5.41, 5.74) is 1.44. The molecule has 0 amide bonds. The molecule has 1 aliphatic rings. The Labute approximate surface area is 97.9 Å². The summed E-state index contributed by atoms with van der Waals surface area (Å²) in [6, 6.07) is 10.6. The molecule has 1 aromatic rings. The molecule has 0 bridgehead atoms. The first-order valence-corrected chi connectivity index (χ1v) is 6.22. The van der Waals surface area contributed by atoms with Crippen molar-refractivity contribution in [2.24, 2.45) is 5.92 Å². The van der Waals surface area contributed by atoms with Gasteiger partial charge in [0, 0.05) is 18.3 Å². The van der Waals surface area contributed by atoms with Gasteiger partial charge in [0.25, 0.3) is 0 Å². The highest BCUT2D eigenvalue weighted by Gasteiger charge is 2.39. The first-order valence-electron chi connectivity index (χ1n) is 6.22. The third-order valence-electron chi connectivity index (χ3n) is 4.05. The van der Waals surface area contributed by atoms with Gasteiger partial charge in [-0.3, -0.25) is 4.79 Å². The van der Waals surface area contributed by atoms with Gasteiger partial charge in [0.2, 0.25) is 0 Å². The van der Waals surface area contributed by atoms with Gasteiger partial charge < -0.3 is 0 Å². The molecule has 0 N–H and O–H groups in total. The molecule has 0 unspecified atom stereocenters. The molecule has 1 aliphatic carbocycles. The van der Waals surface area contributed by atoms with Gasteiger partial charge in [-0.1, -0.05) is 44.2 Å². The third-order valence-corrected chi connectivity index (χ3v) is 4.05. The number of carbonyl (C=O) groups excluding carboxylic acids is 1. The Balaban J connectivity index is 2.39. The fraction of sp³-hybridized carbons (Fsp3) is 0.533. The van der Waals surface area contributed by atoms with Gasteiger partial charge in [-0.25, -0.2) is 0 Å². The fourth-order valence-electron chi connectivity index (χ4n) is 2.97. The van der Waals surface area contributed by atoms with Crippen LogP contribution in [-0.2, 0) is 10.2 Å². The Bertz CT molecular complexity index is 366. The molecule has 86 valence electrons. The largest absolute Gasteiger partial charge is 0.300 e. The van der Waals surface area contributed by atoms with Crippen LogP contribution in [0.2, 0.25) is 0 Å². The number of rotatable bonds is 2. The maximum Gasteiger partial charge on any atom is 0.133 e. The number of hydrogen-bond acceptors (Lipinski definition) is 1. The lowest BCUT2D eigenvalue weighted by Gasteiger charge is -2.40. The van der Waals surface area contributed by atoms with Crippen molar-refractivity contribution in [3.05, 3.63) is 35.9 Å². The average molecular weight is 216 g/mol. The lowest BCUT2D eigenvalue weighted by atomic mass is 9.63. The van der Waals surface area contributed by atoms with E-state index in [1.165, 1.54) is 5.56 Å². The zero-order valence-electron chi connectivity index (χ0n) is 10.2. The Morgan fingerprint density at radius 2 is 1.88 bits per heavy atom. The fourth-order valence-corrected chi connectivity index (χ4v) is 2.97. The molecule has 0 aliphatic heterocycles. The summed E-state index contributed by atoms with van der Waals surface area (Å²) in [4.78, 5) is 11.8. The van der Waals surface area contributed by atoms with Gasteiger partial charge >= 0.3 is 0 Å². The number of benzene rings is 1. The Morgan fingerprint density at radius 1 is 1.19 bits per heavy atom. The lowest BCUT2D eigenvalue weighted by Crippen LogP contribution is -2.38. The first-order chi connectivity index (χ1) is 7.65. The first kappa shape index (κ1) is 11.4. The molecule has 0 aromatic heterocycles. The molecule has 0 saturated heterocycles. The summed E-state index contributed by atoms with van der Waals surface area (Å²) < 4.78 is 0. The second-order valence-corrected chi connectivity index (χ2v) is 5.25. The number of hydrogen-bond donors (Lipinski definition) is 0. The molecule has 0 radical (unpaired) electrons. The third kappa shape index (κ3) is 1.91. The summed E-state index contributed by atoms with van der Waals surface area (Å²) in [6.07, 6.45) is 3.71. The topological polar surface area (TPSA) is 17.1 Å². The predicted molar refractivity (Wildman–Crippen MR) is 66.4 cm³/mol. The van der Waals surface area contributed by atoms with Crippen molar-refractivity contribution < 1.29 is 4.79 Å². The van der Waals surface area contributed by atoms with Gasteiger partial charge in [-0.15, -0.1) is 0 Å². The van der Waals surface area contributed by atoms with Crippen LogP contribution in [0.1, 0.15) is 45.1 Å². The van der Waals surface area contributed by atoms with Gasteiger partial charge in [0.15, 0.2) is 0 Å². The summed E-state index contributed by atoms with van der Waals surface area (Å²) >= 11 is 0. The molecule has 16 heavy (non-hydrogen) atoms. The zero-order valence-corrected chi connectivity index (χ0v) is 10.2. The molecule has 1 nitrogen and oxygen atoms in total. The summed E-state index contributed by atoms with van der Waals surface area (Å²) in [7, 11) is 0. The second-order valence-electron chi connectivity index (χ2n) is 5.25. The summed E-state index contributed by atoms with van der Waals surface area (Å²) in [5.74, 6) is 0.961. The van der Waals surface area contributed by atoms with E-state index >= 15 is 0 Å².